The van der Waals surface area contributed by atoms with Gasteiger partial charge in [0.15, 0.2) is 0 Å². The molecule has 4 rings (SSSR count). The molecule has 0 radical (unpaired) electrons. The van der Waals surface area contributed by atoms with E-state index in [1.165, 1.54) is 54.0 Å². The van der Waals surface area contributed by atoms with Crippen molar-refractivity contribution in [2.24, 2.45) is 4.99 Å². The third kappa shape index (κ3) is 7.16. The van der Waals surface area contributed by atoms with Crippen LogP contribution in [0.5, 0.6) is 5.75 Å². The Morgan fingerprint density at radius 3 is 2.40 bits per heavy atom. The summed E-state index contributed by atoms with van der Waals surface area (Å²) < 4.78 is 0. The van der Waals surface area contributed by atoms with Crippen LogP contribution in [0.4, 0.5) is 22.0 Å². The van der Waals surface area contributed by atoms with Gasteiger partial charge in [0.25, 0.3) is 0 Å². The van der Waals surface area contributed by atoms with E-state index in [9.17, 15) is 9.90 Å². The minimum Gasteiger partial charge on any atom is -0.506 e. The maximum Gasteiger partial charge on any atom is 0.335 e. The predicted molar refractivity (Wildman–Crippen MR) is 179 cm³/mol. The first-order valence-electron chi connectivity index (χ1n) is 15.3. The van der Waals surface area contributed by atoms with Crippen molar-refractivity contribution < 1.29 is 9.90 Å². The van der Waals surface area contributed by atoms with Gasteiger partial charge >= 0.3 is 6.03 Å². The van der Waals surface area contributed by atoms with Crippen molar-refractivity contribution in [1.82, 2.24) is 4.98 Å². The van der Waals surface area contributed by atoms with E-state index in [0.717, 1.165) is 40.3 Å². The van der Waals surface area contributed by atoms with E-state index in [2.05, 4.69) is 55.9 Å². The Kier molecular flexibility index (Phi) is 10.4. The largest absolute Gasteiger partial charge is 0.506 e. The number of rotatable bonds is 10. The van der Waals surface area contributed by atoms with Gasteiger partial charge in [0.2, 0.25) is 0 Å². The van der Waals surface area contributed by atoms with Gasteiger partial charge in [0.1, 0.15) is 17.4 Å². The Hall–Kier alpha value is -4.39. The molecule has 2 aromatic carbocycles. The number of carbonyl (C=O) groups excluding carboxylic acids is 1. The molecule has 2 heterocycles. The number of benzene rings is 2. The number of aromatic nitrogens is 1. The van der Waals surface area contributed by atoms with Crippen LogP contribution in [-0.4, -0.2) is 28.5 Å². The fraction of sp³-hybridized carbons (Fsp3) is 0.361. The first-order valence-corrected chi connectivity index (χ1v) is 15.3. The van der Waals surface area contributed by atoms with Gasteiger partial charge in [-0.3, -0.25) is 4.90 Å². The zero-order valence-corrected chi connectivity index (χ0v) is 26.4. The van der Waals surface area contributed by atoms with Crippen molar-refractivity contribution in [3.8, 4) is 5.75 Å². The summed E-state index contributed by atoms with van der Waals surface area (Å²) in [4.78, 5) is 26.2. The molecule has 0 unspecified atom stereocenters. The van der Waals surface area contributed by atoms with Gasteiger partial charge in [-0.2, -0.15) is 0 Å². The predicted octanol–water partition coefficient (Wildman–Crippen LogP) is 9.02. The summed E-state index contributed by atoms with van der Waals surface area (Å²) in [5.41, 5.74) is 7.88. The molecule has 7 heteroatoms. The zero-order chi connectivity index (χ0) is 31.1. The quantitative estimate of drug-likeness (QED) is 0.185. The smallest absolute Gasteiger partial charge is 0.335 e. The lowest BCUT2D eigenvalue weighted by Crippen LogP contribution is -2.50. The number of hydrogen-bond acceptors (Lipinski definition) is 4. The van der Waals surface area contributed by atoms with Crippen LogP contribution in [-0.2, 0) is 6.42 Å². The molecule has 1 saturated heterocycles. The van der Waals surface area contributed by atoms with Gasteiger partial charge in [0.05, 0.1) is 24.1 Å². The highest BCUT2D eigenvalue weighted by Gasteiger charge is 2.35. The molecule has 2 amide bonds. The van der Waals surface area contributed by atoms with Crippen LogP contribution in [0.25, 0.3) is 0 Å². The van der Waals surface area contributed by atoms with Gasteiger partial charge in [-0.25, -0.2) is 19.7 Å². The Morgan fingerprint density at radius 1 is 1.09 bits per heavy atom. The normalized spacial score (nSPS) is 15.1. The number of nitrogens with zero attached hydrogens (tertiary/aromatic N) is 4. The van der Waals surface area contributed by atoms with Crippen LogP contribution in [0.1, 0.15) is 81.5 Å². The molecule has 43 heavy (non-hydrogen) atoms. The Labute approximate surface area is 256 Å². The maximum absolute atomic E-state index is 13.9. The first-order chi connectivity index (χ1) is 20.7. The fourth-order valence-electron chi connectivity index (χ4n) is 5.84. The molecule has 0 spiro atoms. The van der Waals surface area contributed by atoms with Crippen molar-refractivity contribution in [3.63, 3.8) is 0 Å². The number of pyridine rings is 1. The SMILES string of the molecule is C=C1/C(=C\N=C(C)Nc2ccc(C(CCC)CCC)cc2CC)CN(c2c(C)cccc2C)C(=O)N1c1ccc(O)cn1. The minimum absolute atomic E-state index is 0.0261. The van der Waals surface area contributed by atoms with Crippen molar-refractivity contribution in [3.05, 3.63) is 101 Å². The number of nitrogens with one attached hydrogen (secondary N) is 1. The fourth-order valence-corrected chi connectivity index (χ4v) is 5.84. The van der Waals surface area contributed by atoms with Gasteiger partial charge in [-0.1, -0.05) is 70.5 Å². The number of para-hydroxylation sites is 1. The van der Waals surface area contributed by atoms with Crippen LogP contribution < -0.4 is 15.1 Å². The number of urea groups is 1. The molecule has 3 aromatic rings. The minimum atomic E-state index is -0.256. The highest BCUT2D eigenvalue weighted by molar-refractivity contribution is 6.09. The molecule has 0 bridgehead atoms. The summed E-state index contributed by atoms with van der Waals surface area (Å²) in [6, 6.07) is 15.6. The van der Waals surface area contributed by atoms with Gasteiger partial charge < -0.3 is 10.4 Å². The van der Waals surface area contributed by atoms with E-state index in [1.54, 1.807) is 17.2 Å². The number of anilines is 3. The van der Waals surface area contributed by atoms with Crippen LogP contribution >= 0.6 is 0 Å². The van der Waals surface area contributed by atoms with Crippen molar-refractivity contribution in [2.45, 2.75) is 79.6 Å². The number of aliphatic imine (C=N–C) groups is 1. The van der Waals surface area contributed by atoms with Gasteiger partial charge in [-0.15, -0.1) is 0 Å². The van der Waals surface area contributed by atoms with E-state index < -0.39 is 0 Å². The standard InChI is InChI=1S/C36H45N5O2/c1-8-12-29(13-9-2)30-16-18-33(28(10-3)20-30)39-27(7)37-21-31-23-40(35-24(4)14-11-15-25(35)5)36(43)41(26(31)6)34-19-17-32(42)22-38-34/h11,14-22,29,42H,6,8-10,12-13,23H2,1-5,7H3,(H,37,39)/b31-21-. The van der Waals surface area contributed by atoms with Crippen LogP contribution in [0.3, 0.4) is 0 Å². The number of hydrogen-bond donors (Lipinski definition) is 2. The highest BCUT2D eigenvalue weighted by Crippen LogP contribution is 2.35. The second-order valence-electron chi connectivity index (χ2n) is 11.3. The molecule has 1 fully saturated rings. The second kappa shape index (κ2) is 14.2. The van der Waals surface area contributed by atoms with Crippen molar-refractivity contribution >= 4 is 29.1 Å². The van der Waals surface area contributed by atoms with E-state index in [1.807, 2.05) is 39.0 Å². The lowest BCUT2D eigenvalue weighted by molar-refractivity contribution is 0.252. The van der Waals surface area contributed by atoms with E-state index in [4.69, 9.17) is 4.99 Å². The first kappa shape index (κ1) is 31.5. The van der Waals surface area contributed by atoms with Crippen LogP contribution in [0.2, 0.25) is 0 Å². The number of aryl methyl sites for hydroxylation is 3. The molecule has 0 saturated carbocycles. The third-order valence-electron chi connectivity index (χ3n) is 8.05. The molecule has 1 aliphatic rings. The summed E-state index contributed by atoms with van der Waals surface area (Å²) in [6.45, 7) is 17.2. The third-order valence-corrected chi connectivity index (χ3v) is 8.05. The van der Waals surface area contributed by atoms with Crippen LogP contribution in [0, 0.1) is 13.8 Å². The summed E-state index contributed by atoms with van der Waals surface area (Å²) in [5, 5.41) is 13.3. The highest BCUT2D eigenvalue weighted by atomic mass is 16.3. The number of aromatic hydroxyl groups is 1. The summed E-state index contributed by atoms with van der Waals surface area (Å²) in [6.07, 6.45) is 8.82. The molecular formula is C36H45N5O2. The lowest BCUT2D eigenvalue weighted by atomic mass is 9.89. The van der Waals surface area contributed by atoms with E-state index in [-0.39, 0.29) is 11.8 Å². The van der Waals surface area contributed by atoms with Crippen molar-refractivity contribution in [2.75, 3.05) is 21.7 Å². The maximum atomic E-state index is 13.9. The molecule has 226 valence electrons. The lowest BCUT2D eigenvalue weighted by Gasteiger charge is -2.38. The monoisotopic (exact) mass is 579 g/mol. The number of carbonyl (C=O) groups is 1. The molecule has 0 aliphatic carbocycles. The Bertz CT molecular complexity index is 1500. The van der Waals surface area contributed by atoms with Gasteiger partial charge in [0, 0.05) is 17.5 Å². The summed E-state index contributed by atoms with van der Waals surface area (Å²) in [5.74, 6) is 1.75. The molecule has 1 aromatic heterocycles. The number of amidine groups is 1. The molecule has 1 aliphatic heterocycles. The van der Waals surface area contributed by atoms with Gasteiger partial charge in [-0.05, 0) is 86.4 Å². The molecular weight excluding hydrogens is 534 g/mol. The Balaban J connectivity index is 1.66. The topological polar surface area (TPSA) is 81.1 Å². The average Bonchev–Trinajstić information content (AvgIpc) is 2.98. The van der Waals surface area contributed by atoms with Crippen LogP contribution in [0.15, 0.2) is 83.8 Å². The second-order valence-corrected chi connectivity index (χ2v) is 11.3. The summed E-state index contributed by atoms with van der Waals surface area (Å²) in [7, 11) is 0. The van der Waals surface area contributed by atoms with E-state index >= 15 is 0 Å². The average molecular weight is 580 g/mol. The summed E-state index contributed by atoms with van der Waals surface area (Å²) >= 11 is 0. The molecule has 0 atom stereocenters. The van der Waals surface area contributed by atoms with Crippen molar-refractivity contribution in [1.29, 1.82) is 0 Å². The van der Waals surface area contributed by atoms with E-state index in [0.29, 0.717) is 24.0 Å². The molecule has 2 N–H and O–H groups in total. The Morgan fingerprint density at radius 2 is 1.79 bits per heavy atom. The zero-order valence-electron chi connectivity index (χ0n) is 26.4. The molecule has 7 nitrogen and oxygen atoms in total. The number of amides is 2.